The van der Waals surface area contributed by atoms with Crippen LogP contribution in [0.2, 0.25) is 0 Å². The maximum atomic E-state index is 12.2. The van der Waals surface area contributed by atoms with Gasteiger partial charge in [0.2, 0.25) is 0 Å². The summed E-state index contributed by atoms with van der Waals surface area (Å²) >= 11 is 3.36. The molecule has 1 amide bonds. The standard InChI is InChI=1S/C15H20BrNO3/c1-11-8-17(10-15(2,3)20-11)14(18)9-19-13-6-4-12(16)5-7-13/h4-7,11H,8-10H2,1-3H3/t11-/m0/s1. The molecule has 5 heteroatoms. The first-order valence-corrected chi connectivity index (χ1v) is 7.49. The number of halogens is 1. The lowest BCUT2D eigenvalue weighted by Crippen LogP contribution is -2.54. The lowest BCUT2D eigenvalue weighted by molar-refractivity contribution is -0.159. The molecular formula is C15H20BrNO3. The molecule has 1 atom stereocenters. The predicted octanol–water partition coefficient (Wildman–Crippen LogP) is 2.85. The highest BCUT2D eigenvalue weighted by Crippen LogP contribution is 2.21. The number of carbonyl (C=O) groups is 1. The Bertz CT molecular complexity index is 473. The summed E-state index contributed by atoms with van der Waals surface area (Å²) in [5.74, 6) is 0.693. The number of benzene rings is 1. The summed E-state index contributed by atoms with van der Waals surface area (Å²) in [6.07, 6.45) is 0.0513. The smallest absolute Gasteiger partial charge is 0.260 e. The molecule has 1 aromatic carbocycles. The summed E-state index contributed by atoms with van der Waals surface area (Å²) < 4.78 is 12.3. The zero-order valence-electron chi connectivity index (χ0n) is 12.1. The zero-order chi connectivity index (χ0) is 14.8. The van der Waals surface area contributed by atoms with E-state index in [4.69, 9.17) is 9.47 Å². The highest BCUT2D eigenvalue weighted by atomic mass is 79.9. The van der Waals surface area contributed by atoms with Crippen LogP contribution in [0.15, 0.2) is 28.7 Å². The van der Waals surface area contributed by atoms with Crippen LogP contribution in [0.3, 0.4) is 0 Å². The summed E-state index contributed by atoms with van der Waals surface area (Å²) in [6.45, 7) is 7.25. The highest BCUT2D eigenvalue weighted by molar-refractivity contribution is 9.10. The first-order valence-electron chi connectivity index (χ1n) is 6.70. The molecule has 1 saturated heterocycles. The minimum absolute atomic E-state index is 0.00357. The second-order valence-electron chi connectivity index (χ2n) is 5.71. The molecule has 0 aromatic heterocycles. The predicted molar refractivity (Wildman–Crippen MR) is 80.8 cm³/mol. The number of rotatable bonds is 3. The van der Waals surface area contributed by atoms with Crippen LogP contribution in [0.25, 0.3) is 0 Å². The summed E-state index contributed by atoms with van der Waals surface area (Å²) in [5.41, 5.74) is -0.301. The Morgan fingerprint density at radius 2 is 2.10 bits per heavy atom. The molecular weight excluding hydrogens is 322 g/mol. The fraction of sp³-hybridized carbons (Fsp3) is 0.533. The van der Waals surface area contributed by atoms with Crippen LogP contribution in [0.4, 0.5) is 0 Å². The van der Waals surface area contributed by atoms with Crippen LogP contribution < -0.4 is 4.74 Å². The molecule has 0 saturated carbocycles. The van der Waals surface area contributed by atoms with Gasteiger partial charge in [0.1, 0.15) is 5.75 Å². The van der Waals surface area contributed by atoms with Gasteiger partial charge in [0.25, 0.3) is 5.91 Å². The number of ether oxygens (including phenoxy) is 2. The summed E-state index contributed by atoms with van der Waals surface area (Å²) in [7, 11) is 0. The molecule has 4 nitrogen and oxygen atoms in total. The Morgan fingerprint density at radius 3 is 2.70 bits per heavy atom. The molecule has 0 N–H and O–H groups in total. The molecule has 0 spiro atoms. The molecule has 2 rings (SSSR count). The van der Waals surface area contributed by atoms with Gasteiger partial charge in [-0.3, -0.25) is 4.79 Å². The number of amides is 1. The summed E-state index contributed by atoms with van der Waals surface area (Å²) in [5, 5.41) is 0. The molecule has 0 aliphatic carbocycles. The van der Waals surface area contributed by atoms with E-state index in [0.29, 0.717) is 18.8 Å². The van der Waals surface area contributed by atoms with Crippen LogP contribution in [-0.4, -0.2) is 42.2 Å². The van der Waals surface area contributed by atoms with Gasteiger partial charge in [0.05, 0.1) is 11.7 Å². The molecule has 0 unspecified atom stereocenters. The molecule has 110 valence electrons. The lowest BCUT2D eigenvalue weighted by Gasteiger charge is -2.41. The van der Waals surface area contributed by atoms with Crippen molar-refractivity contribution >= 4 is 21.8 Å². The van der Waals surface area contributed by atoms with E-state index >= 15 is 0 Å². The molecule has 0 bridgehead atoms. The number of carbonyl (C=O) groups excluding carboxylic acids is 1. The Hall–Kier alpha value is -1.07. The van der Waals surface area contributed by atoms with Crippen molar-refractivity contribution in [2.75, 3.05) is 19.7 Å². The van der Waals surface area contributed by atoms with Crippen LogP contribution in [0.5, 0.6) is 5.75 Å². The summed E-state index contributed by atoms with van der Waals surface area (Å²) in [4.78, 5) is 14.0. The molecule has 1 aliphatic rings. The van der Waals surface area contributed by atoms with E-state index in [9.17, 15) is 4.79 Å². The average Bonchev–Trinajstić information content (AvgIpc) is 2.35. The van der Waals surface area contributed by atoms with Crippen LogP contribution in [0.1, 0.15) is 20.8 Å². The Balaban J connectivity index is 1.90. The van der Waals surface area contributed by atoms with E-state index in [1.165, 1.54) is 0 Å². The third kappa shape index (κ3) is 4.21. The van der Waals surface area contributed by atoms with Crippen molar-refractivity contribution in [2.45, 2.75) is 32.5 Å². The van der Waals surface area contributed by atoms with Gasteiger partial charge in [0.15, 0.2) is 6.61 Å². The van der Waals surface area contributed by atoms with Gasteiger partial charge >= 0.3 is 0 Å². The van der Waals surface area contributed by atoms with Crippen molar-refractivity contribution < 1.29 is 14.3 Å². The van der Waals surface area contributed by atoms with Crippen molar-refractivity contribution in [3.63, 3.8) is 0 Å². The number of morpholine rings is 1. The van der Waals surface area contributed by atoms with E-state index < -0.39 is 0 Å². The Labute approximate surface area is 128 Å². The zero-order valence-corrected chi connectivity index (χ0v) is 13.6. The molecule has 1 fully saturated rings. The van der Waals surface area contributed by atoms with Gasteiger partial charge in [-0.15, -0.1) is 0 Å². The van der Waals surface area contributed by atoms with Crippen LogP contribution in [-0.2, 0) is 9.53 Å². The van der Waals surface area contributed by atoms with E-state index in [-0.39, 0.29) is 24.2 Å². The highest BCUT2D eigenvalue weighted by Gasteiger charge is 2.33. The molecule has 20 heavy (non-hydrogen) atoms. The fourth-order valence-electron chi connectivity index (χ4n) is 2.41. The van der Waals surface area contributed by atoms with Gasteiger partial charge in [0, 0.05) is 17.6 Å². The number of hydrogen-bond donors (Lipinski definition) is 0. The SMILES string of the molecule is C[C@H]1CN(C(=O)COc2ccc(Br)cc2)CC(C)(C)O1. The van der Waals surface area contributed by atoms with Gasteiger partial charge in [-0.05, 0) is 45.0 Å². The number of nitrogens with zero attached hydrogens (tertiary/aromatic N) is 1. The van der Waals surface area contributed by atoms with Crippen molar-refractivity contribution in [1.82, 2.24) is 4.90 Å². The maximum Gasteiger partial charge on any atom is 0.260 e. The van der Waals surface area contributed by atoms with E-state index in [1.807, 2.05) is 49.9 Å². The Morgan fingerprint density at radius 1 is 1.45 bits per heavy atom. The van der Waals surface area contributed by atoms with Crippen LogP contribution in [0, 0.1) is 0 Å². The average molecular weight is 342 g/mol. The molecule has 1 aliphatic heterocycles. The van der Waals surface area contributed by atoms with E-state index in [0.717, 1.165) is 4.47 Å². The topological polar surface area (TPSA) is 38.8 Å². The first-order chi connectivity index (χ1) is 9.35. The van der Waals surface area contributed by atoms with Gasteiger partial charge in [-0.1, -0.05) is 15.9 Å². The molecule has 1 aromatic rings. The quantitative estimate of drug-likeness (QED) is 0.848. The second-order valence-corrected chi connectivity index (χ2v) is 6.62. The normalized spacial score (nSPS) is 21.6. The van der Waals surface area contributed by atoms with E-state index in [1.54, 1.807) is 0 Å². The Kier molecular flexibility index (Phi) is 4.70. The lowest BCUT2D eigenvalue weighted by atomic mass is 10.1. The van der Waals surface area contributed by atoms with Crippen LogP contribution >= 0.6 is 15.9 Å². The number of hydrogen-bond acceptors (Lipinski definition) is 3. The minimum atomic E-state index is -0.301. The van der Waals surface area contributed by atoms with Crippen molar-refractivity contribution in [1.29, 1.82) is 0 Å². The maximum absolute atomic E-state index is 12.2. The fourth-order valence-corrected chi connectivity index (χ4v) is 2.68. The van der Waals surface area contributed by atoms with Gasteiger partial charge in [-0.2, -0.15) is 0 Å². The summed E-state index contributed by atoms with van der Waals surface area (Å²) in [6, 6.07) is 7.45. The second kappa shape index (κ2) is 6.14. The third-order valence-corrected chi connectivity index (χ3v) is 3.63. The monoisotopic (exact) mass is 341 g/mol. The van der Waals surface area contributed by atoms with E-state index in [2.05, 4.69) is 15.9 Å². The van der Waals surface area contributed by atoms with Crippen molar-refractivity contribution in [3.8, 4) is 5.75 Å². The molecule has 0 radical (unpaired) electrons. The molecule has 1 heterocycles. The minimum Gasteiger partial charge on any atom is -0.484 e. The largest absolute Gasteiger partial charge is 0.484 e. The van der Waals surface area contributed by atoms with Gasteiger partial charge < -0.3 is 14.4 Å². The first kappa shape index (κ1) is 15.3. The third-order valence-electron chi connectivity index (χ3n) is 3.10. The van der Waals surface area contributed by atoms with Gasteiger partial charge in [-0.25, -0.2) is 0 Å². The van der Waals surface area contributed by atoms with Crippen molar-refractivity contribution in [3.05, 3.63) is 28.7 Å². The van der Waals surface area contributed by atoms with Crippen molar-refractivity contribution in [2.24, 2.45) is 0 Å².